The average molecular weight is 466 g/mol. The molecule has 1 amide bonds. The number of nitrogens with zero attached hydrogens (tertiary/aromatic N) is 3. The summed E-state index contributed by atoms with van der Waals surface area (Å²) >= 11 is 3.04. The van der Waals surface area contributed by atoms with Crippen LogP contribution < -0.4 is 14.4 Å². The number of rotatable bonds is 7. The molecule has 6 nitrogen and oxygen atoms in total. The zero-order valence-corrected chi connectivity index (χ0v) is 19.9. The molecular weight excluding hydrogens is 442 g/mol. The maximum absolute atomic E-state index is 13.9. The van der Waals surface area contributed by atoms with Gasteiger partial charge in [-0.3, -0.25) is 4.79 Å². The number of thiophene rings is 1. The van der Waals surface area contributed by atoms with Crippen LogP contribution in [0.3, 0.4) is 0 Å². The van der Waals surface area contributed by atoms with Crippen LogP contribution in [-0.2, 0) is 6.54 Å². The van der Waals surface area contributed by atoms with Gasteiger partial charge in [0.25, 0.3) is 5.91 Å². The molecule has 0 bridgehead atoms. The molecule has 0 aliphatic carbocycles. The Morgan fingerprint density at radius 1 is 1.06 bits per heavy atom. The number of anilines is 1. The van der Waals surface area contributed by atoms with Gasteiger partial charge in [-0.1, -0.05) is 12.1 Å². The van der Waals surface area contributed by atoms with E-state index in [1.807, 2.05) is 61.0 Å². The van der Waals surface area contributed by atoms with Crippen LogP contribution in [0.15, 0.2) is 59.2 Å². The highest BCUT2D eigenvalue weighted by atomic mass is 32.2. The normalized spacial score (nSPS) is 10.9. The van der Waals surface area contributed by atoms with E-state index in [0.29, 0.717) is 23.4 Å². The second kappa shape index (κ2) is 9.58. The molecule has 0 saturated carbocycles. The number of aryl methyl sites for hydroxylation is 1. The molecule has 4 aromatic rings. The van der Waals surface area contributed by atoms with E-state index >= 15 is 0 Å². The zero-order chi connectivity index (χ0) is 22.7. The summed E-state index contributed by atoms with van der Waals surface area (Å²) < 4.78 is 11.7. The Kier molecular flexibility index (Phi) is 6.62. The standard InChI is InChI=1S/C24H23N3O3S2/c1-15-9-17(11-19(10-15)30-3)27(12-16-5-7-18(29-2)8-6-16)24(28)20-13-32-22-21(20)25-14-26-23(22)31-4/h5-11,13-14H,12H2,1-4H3. The molecule has 0 unspecified atom stereocenters. The van der Waals surface area contributed by atoms with Gasteiger partial charge in [-0.15, -0.1) is 23.1 Å². The number of ether oxygens (including phenoxy) is 2. The highest BCUT2D eigenvalue weighted by Gasteiger charge is 2.24. The molecule has 0 aliphatic heterocycles. The number of benzene rings is 2. The van der Waals surface area contributed by atoms with Crippen molar-refractivity contribution >= 4 is 44.9 Å². The van der Waals surface area contributed by atoms with Crippen LogP contribution in [0.4, 0.5) is 5.69 Å². The van der Waals surface area contributed by atoms with Gasteiger partial charge >= 0.3 is 0 Å². The number of carbonyl (C=O) groups excluding carboxylic acids is 1. The van der Waals surface area contributed by atoms with Crippen LogP contribution in [0.5, 0.6) is 11.5 Å². The summed E-state index contributed by atoms with van der Waals surface area (Å²) in [6.07, 6.45) is 3.49. The number of thioether (sulfide) groups is 1. The SMILES string of the molecule is COc1ccc(CN(C(=O)c2csc3c(SC)ncnc23)c2cc(C)cc(OC)c2)cc1. The summed E-state index contributed by atoms with van der Waals surface area (Å²) in [6, 6.07) is 13.5. The topological polar surface area (TPSA) is 64.5 Å². The molecule has 0 aliphatic rings. The third-order valence-corrected chi connectivity index (χ3v) is 6.87. The van der Waals surface area contributed by atoms with Gasteiger partial charge in [0.05, 0.1) is 36.5 Å². The smallest absolute Gasteiger partial charge is 0.261 e. The molecule has 0 radical (unpaired) electrons. The van der Waals surface area contributed by atoms with Crippen molar-refractivity contribution in [1.29, 1.82) is 0 Å². The number of hydrogen-bond donors (Lipinski definition) is 0. The molecule has 0 spiro atoms. The van der Waals surface area contributed by atoms with E-state index in [4.69, 9.17) is 9.47 Å². The Morgan fingerprint density at radius 3 is 2.50 bits per heavy atom. The maximum Gasteiger partial charge on any atom is 0.261 e. The Balaban J connectivity index is 1.79. The van der Waals surface area contributed by atoms with Crippen LogP contribution in [0.1, 0.15) is 21.5 Å². The van der Waals surface area contributed by atoms with Crippen LogP contribution in [0, 0.1) is 6.92 Å². The van der Waals surface area contributed by atoms with Gasteiger partial charge in [-0.2, -0.15) is 0 Å². The number of methoxy groups -OCH3 is 2. The van der Waals surface area contributed by atoms with E-state index in [-0.39, 0.29) is 5.91 Å². The fraction of sp³-hybridized carbons (Fsp3) is 0.208. The average Bonchev–Trinajstić information content (AvgIpc) is 3.26. The summed E-state index contributed by atoms with van der Waals surface area (Å²) in [7, 11) is 3.26. The molecule has 32 heavy (non-hydrogen) atoms. The maximum atomic E-state index is 13.9. The molecule has 2 aromatic heterocycles. The molecule has 2 heterocycles. The van der Waals surface area contributed by atoms with Crippen LogP contribution in [0.25, 0.3) is 10.2 Å². The highest BCUT2D eigenvalue weighted by Crippen LogP contribution is 2.33. The molecule has 0 N–H and O–H groups in total. The van der Waals surface area contributed by atoms with E-state index in [2.05, 4.69) is 9.97 Å². The van der Waals surface area contributed by atoms with Crippen LogP contribution in [0.2, 0.25) is 0 Å². The molecule has 8 heteroatoms. The molecule has 2 aromatic carbocycles. The number of amides is 1. The second-order valence-corrected chi connectivity index (χ2v) is 8.83. The third kappa shape index (κ3) is 4.42. The Morgan fingerprint density at radius 2 is 1.81 bits per heavy atom. The minimum absolute atomic E-state index is 0.120. The third-order valence-electron chi connectivity index (χ3n) is 5.07. The predicted octanol–water partition coefficient (Wildman–Crippen LogP) is 5.59. The van der Waals surface area contributed by atoms with E-state index in [1.54, 1.807) is 30.9 Å². The van der Waals surface area contributed by atoms with Crippen molar-refractivity contribution in [2.45, 2.75) is 18.5 Å². The number of hydrogen-bond acceptors (Lipinski definition) is 7. The molecule has 0 saturated heterocycles. The van der Waals surface area contributed by atoms with Gasteiger partial charge in [0.1, 0.15) is 22.9 Å². The van der Waals surface area contributed by atoms with E-state index in [0.717, 1.165) is 32.3 Å². The van der Waals surface area contributed by atoms with Crippen molar-refractivity contribution in [2.24, 2.45) is 0 Å². The van der Waals surface area contributed by atoms with Crippen molar-refractivity contribution in [3.8, 4) is 11.5 Å². The summed E-state index contributed by atoms with van der Waals surface area (Å²) in [5, 5.41) is 2.74. The number of carbonyl (C=O) groups is 1. The van der Waals surface area contributed by atoms with E-state index < -0.39 is 0 Å². The molecule has 0 atom stereocenters. The first kappa shape index (κ1) is 22.1. The molecule has 164 valence electrons. The van der Waals surface area contributed by atoms with Gasteiger partial charge in [0.15, 0.2) is 0 Å². The first-order valence-electron chi connectivity index (χ1n) is 9.90. The lowest BCUT2D eigenvalue weighted by molar-refractivity contribution is 0.0987. The lowest BCUT2D eigenvalue weighted by Gasteiger charge is -2.24. The summed E-state index contributed by atoms with van der Waals surface area (Å²) in [5.41, 5.74) is 4.00. The number of fused-ring (bicyclic) bond motifs is 1. The van der Waals surface area contributed by atoms with Crippen molar-refractivity contribution in [1.82, 2.24) is 9.97 Å². The highest BCUT2D eigenvalue weighted by molar-refractivity contribution is 7.98. The minimum atomic E-state index is -0.120. The predicted molar refractivity (Wildman–Crippen MR) is 130 cm³/mol. The first-order valence-corrected chi connectivity index (χ1v) is 12.0. The van der Waals surface area contributed by atoms with Gasteiger partial charge in [0.2, 0.25) is 0 Å². The quantitative estimate of drug-likeness (QED) is 0.262. The van der Waals surface area contributed by atoms with Crippen molar-refractivity contribution in [3.63, 3.8) is 0 Å². The van der Waals surface area contributed by atoms with Gasteiger partial charge in [-0.05, 0) is 48.6 Å². The molecular formula is C24H23N3O3S2. The summed E-state index contributed by atoms with van der Waals surface area (Å²) in [6.45, 7) is 2.38. The van der Waals surface area contributed by atoms with Gasteiger partial charge in [0, 0.05) is 17.1 Å². The van der Waals surface area contributed by atoms with Gasteiger partial charge < -0.3 is 14.4 Å². The molecule has 4 rings (SSSR count). The Hall–Kier alpha value is -3.10. The van der Waals surface area contributed by atoms with Crippen LogP contribution >= 0.6 is 23.1 Å². The molecule has 0 fully saturated rings. The van der Waals surface area contributed by atoms with Crippen molar-refractivity contribution in [3.05, 3.63) is 70.9 Å². The first-order chi connectivity index (χ1) is 15.5. The lowest BCUT2D eigenvalue weighted by Crippen LogP contribution is -2.30. The largest absolute Gasteiger partial charge is 0.497 e. The fourth-order valence-electron chi connectivity index (χ4n) is 3.47. The van der Waals surface area contributed by atoms with E-state index in [9.17, 15) is 4.79 Å². The Labute approximate surface area is 195 Å². The second-order valence-electron chi connectivity index (χ2n) is 7.16. The fourth-order valence-corrected chi connectivity index (χ4v) is 5.17. The lowest BCUT2D eigenvalue weighted by atomic mass is 10.1. The number of aromatic nitrogens is 2. The van der Waals surface area contributed by atoms with Crippen molar-refractivity contribution in [2.75, 3.05) is 25.4 Å². The summed E-state index contributed by atoms with van der Waals surface area (Å²) in [5.74, 6) is 1.36. The van der Waals surface area contributed by atoms with Crippen LogP contribution in [-0.4, -0.2) is 36.4 Å². The van der Waals surface area contributed by atoms with E-state index in [1.165, 1.54) is 17.7 Å². The van der Waals surface area contributed by atoms with Gasteiger partial charge in [-0.25, -0.2) is 9.97 Å². The zero-order valence-electron chi connectivity index (χ0n) is 18.3. The minimum Gasteiger partial charge on any atom is -0.497 e. The van der Waals surface area contributed by atoms with Crippen molar-refractivity contribution < 1.29 is 14.3 Å². The summed E-state index contributed by atoms with van der Waals surface area (Å²) in [4.78, 5) is 24.4. The Bertz CT molecular complexity index is 1260. The monoisotopic (exact) mass is 465 g/mol.